The fourth-order valence-corrected chi connectivity index (χ4v) is 2.36. The predicted molar refractivity (Wildman–Crippen MR) is 66.6 cm³/mol. The van der Waals surface area contributed by atoms with Crippen LogP contribution < -0.4 is 5.32 Å². The van der Waals surface area contributed by atoms with E-state index in [0.717, 1.165) is 19.0 Å². The maximum Gasteiger partial charge on any atom is 0.0628 e. The smallest absolute Gasteiger partial charge is 0.0628 e. The Balaban J connectivity index is 1.75. The minimum Gasteiger partial charge on any atom is -0.314 e. The van der Waals surface area contributed by atoms with Gasteiger partial charge in [0.2, 0.25) is 0 Å². The molecule has 0 atom stereocenters. The number of aromatic nitrogens is 2. The predicted octanol–water partition coefficient (Wildman–Crippen LogP) is 2.11. The molecule has 1 aromatic rings. The summed E-state index contributed by atoms with van der Waals surface area (Å²) in [6.07, 6.45) is 6.56. The zero-order chi connectivity index (χ0) is 11.5. The fourth-order valence-electron chi connectivity index (χ4n) is 2.36. The lowest BCUT2D eigenvalue weighted by Gasteiger charge is -2.26. The van der Waals surface area contributed by atoms with Gasteiger partial charge < -0.3 is 5.32 Å². The molecule has 0 saturated heterocycles. The standard InChI is InChI=1S/C13H23N3/c1-10-13(11(2)16(3)15-10)8-5-9-14-12-6-4-7-12/h12,14H,4-9H2,1-3H3. The van der Waals surface area contributed by atoms with Crippen molar-refractivity contribution in [2.75, 3.05) is 6.54 Å². The van der Waals surface area contributed by atoms with Gasteiger partial charge in [0.15, 0.2) is 0 Å². The van der Waals surface area contributed by atoms with Gasteiger partial charge in [0.05, 0.1) is 5.69 Å². The summed E-state index contributed by atoms with van der Waals surface area (Å²) in [5.74, 6) is 0. The molecule has 0 radical (unpaired) electrons. The van der Waals surface area contributed by atoms with Crippen LogP contribution in [0.5, 0.6) is 0 Å². The first-order valence-corrected chi connectivity index (χ1v) is 6.41. The molecule has 0 aliphatic heterocycles. The number of hydrogen-bond donors (Lipinski definition) is 1. The van der Waals surface area contributed by atoms with E-state index in [0.29, 0.717) is 0 Å². The highest BCUT2D eigenvalue weighted by molar-refractivity contribution is 5.24. The Morgan fingerprint density at radius 2 is 2.12 bits per heavy atom. The van der Waals surface area contributed by atoms with Crippen LogP contribution in [0.25, 0.3) is 0 Å². The van der Waals surface area contributed by atoms with E-state index in [1.807, 2.05) is 11.7 Å². The highest BCUT2D eigenvalue weighted by Crippen LogP contribution is 2.18. The summed E-state index contributed by atoms with van der Waals surface area (Å²) in [6.45, 7) is 5.43. The van der Waals surface area contributed by atoms with Crippen molar-refractivity contribution >= 4 is 0 Å². The molecule has 0 bridgehead atoms. The first-order valence-electron chi connectivity index (χ1n) is 6.41. The van der Waals surface area contributed by atoms with Gasteiger partial charge >= 0.3 is 0 Å². The van der Waals surface area contributed by atoms with Crippen LogP contribution in [-0.2, 0) is 13.5 Å². The molecule has 3 nitrogen and oxygen atoms in total. The van der Waals surface area contributed by atoms with Crippen LogP contribution in [0.4, 0.5) is 0 Å². The zero-order valence-electron chi connectivity index (χ0n) is 10.7. The molecular weight excluding hydrogens is 198 g/mol. The SMILES string of the molecule is Cc1nn(C)c(C)c1CCCNC1CCC1. The van der Waals surface area contributed by atoms with E-state index < -0.39 is 0 Å². The number of aryl methyl sites for hydroxylation is 2. The minimum absolute atomic E-state index is 0.816. The zero-order valence-corrected chi connectivity index (χ0v) is 10.7. The normalized spacial score (nSPS) is 16.4. The number of hydrogen-bond acceptors (Lipinski definition) is 2. The average Bonchev–Trinajstić information content (AvgIpc) is 2.41. The molecular formula is C13H23N3. The van der Waals surface area contributed by atoms with E-state index in [9.17, 15) is 0 Å². The first kappa shape index (κ1) is 11.6. The van der Waals surface area contributed by atoms with E-state index in [1.54, 1.807) is 0 Å². The Morgan fingerprint density at radius 3 is 2.62 bits per heavy atom. The van der Waals surface area contributed by atoms with E-state index in [1.165, 1.54) is 42.6 Å². The van der Waals surface area contributed by atoms with Crippen molar-refractivity contribution in [2.24, 2.45) is 7.05 Å². The number of rotatable bonds is 5. The Hall–Kier alpha value is -0.830. The molecule has 0 amide bonds. The lowest BCUT2D eigenvalue weighted by atomic mass is 9.93. The summed E-state index contributed by atoms with van der Waals surface area (Å²) in [4.78, 5) is 0. The molecule has 1 aliphatic rings. The van der Waals surface area contributed by atoms with E-state index >= 15 is 0 Å². The van der Waals surface area contributed by atoms with Gasteiger partial charge in [-0.15, -0.1) is 0 Å². The van der Waals surface area contributed by atoms with Crippen molar-refractivity contribution in [3.63, 3.8) is 0 Å². The Kier molecular flexibility index (Phi) is 3.64. The van der Waals surface area contributed by atoms with Crippen LogP contribution in [0.3, 0.4) is 0 Å². The van der Waals surface area contributed by atoms with Crippen LogP contribution in [0.2, 0.25) is 0 Å². The lowest BCUT2D eigenvalue weighted by molar-refractivity contribution is 0.339. The van der Waals surface area contributed by atoms with Crippen LogP contribution in [0.15, 0.2) is 0 Å². The van der Waals surface area contributed by atoms with Crippen molar-refractivity contribution in [3.8, 4) is 0 Å². The molecule has 2 rings (SSSR count). The molecule has 3 heteroatoms. The second-order valence-corrected chi connectivity index (χ2v) is 4.96. The highest BCUT2D eigenvalue weighted by Gasteiger charge is 2.16. The quantitative estimate of drug-likeness (QED) is 0.772. The van der Waals surface area contributed by atoms with Crippen molar-refractivity contribution in [1.82, 2.24) is 15.1 Å². The molecule has 1 aromatic heterocycles. The monoisotopic (exact) mass is 221 g/mol. The summed E-state index contributed by atoms with van der Waals surface area (Å²) in [6, 6.07) is 0.816. The van der Waals surface area contributed by atoms with Crippen LogP contribution in [0, 0.1) is 13.8 Å². The van der Waals surface area contributed by atoms with Gasteiger partial charge in [-0.2, -0.15) is 5.10 Å². The van der Waals surface area contributed by atoms with Gasteiger partial charge in [-0.05, 0) is 51.6 Å². The molecule has 90 valence electrons. The third kappa shape index (κ3) is 2.46. The van der Waals surface area contributed by atoms with Crippen molar-refractivity contribution in [1.29, 1.82) is 0 Å². The molecule has 1 saturated carbocycles. The highest BCUT2D eigenvalue weighted by atomic mass is 15.3. The van der Waals surface area contributed by atoms with Gasteiger partial charge in [0, 0.05) is 18.8 Å². The molecule has 0 spiro atoms. The molecule has 1 heterocycles. The fraction of sp³-hybridized carbons (Fsp3) is 0.769. The summed E-state index contributed by atoms with van der Waals surface area (Å²) in [7, 11) is 2.03. The van der Waals surface area contributed by atoms with Gasteiger partial charge in [0.25, 0.3) is 0 Å². The topological polar surface area (TPSA) is 29.9 Å². The van der Waals surface area contributed by atoms with Crippen molar-refractivity contribution in [3.05, 3.63) is 17.0 Å². The first-order chi connectivity index (χ1) is 7.68. The van der Waals surface area contributed by atoms with E-state index in [2.05, 4.69) is 24.3 Å². The summed E-state index contributed by atoms with van der Waals surface area (Å²) >= 11 is 0. The van der Waals surface area contributed by atoms with Gasteiger partial charge in [-0.3, -0.25) is 4.68 Å². The molecule has 16 heavy (non-hydrogen) atoms. The van der Waals surface area contributed by atoms with Gasteiger partial charge in [-0.1, -0.05) is 6.42 Å². The molecule has 1 aliphatic carbocycles. The Bertz CT molecular complexity index is 350. The van der Waals surface area contributed by atoms with E-state index in [-0.39, 0.29) is 0 Å². The van der Waals surface area contributed by atoms with Crippen molar-refractivity contribution < 1.29 is 0 Å². The summed E-state index contributed by atoms with van der Waals surface area (Å²) in [5.41, 5.74) is 3.96. The molecule has 1 N–H and O–H groups in total. The molecule has 0 aromatic carbocycles. The van der Waals surface area contributed by atoms with Crippen molar-refractivity contribution in [2.45, 2.75) is 52.0 Å². The third-order valence-corrected chi connectivity index (χ3v) is 3.80. The third-order valence-electron chi connectivity index (χ3n) is 3.80. The second-order valence-electron chi connectivity index (χ2n) is 4.96. The second kappa shape index (κ2) is 5.00. The average molecular weight is 221 g/mol. The van der Waals surface area contributed by atoms with Crippen LogP contribution in [-0.4, -0.2) is 22.4 Å². The maximum atomic E-state index is 4.45. The Morgan fingerprint density at radius 1 is 1.38 bits per heavy atom. The largest absolute Gasteiger partial charge is 0.314 e. The Labute approximate surface area is 98.2 Å². The van der Waals surface area contributed by atoms with Gasteiger partial charge in [-0.25, -0.2) is 0 Å². The number of nitrogens with zero attached hydrogens (tertiary/aromatic N) is 2. The van der Waals surface area contributed by atoms with E-state index in [4.69, 9.17) is 0 Å². The maximum absolute atomic E-state index is 4.45. The molecule has 0 unspecified atom stereocenters. The minimum atomic E-state index is 0.816. The van der Waals surface area contributed by atoms with Crippen LogP contribution in [0.1, 0.15) is 42.6 Å². The van der Waals surface area contributed by atoms with Crippen LogP contribution >= 0.6 is 0 Å². The lowest BCUT2D eigenvalue weighted by Crippen LogP contribution is -2.35. The molecule has 1 fully saturated rings. The number of nitrogens with one attached hydrogen (secondary N) is 1. The van der Waals surface area contributed by atoms with Gasteiger partial charge in [0.1, 0.15) is 0 Å². The summed E-state index contributed by atoms with van der Waals surface area (Å²) < 4.78 is 1.99. The summed E-state index contributed by atoms with van der Waals surface area (Å²) in [5, 5.41) is 8.06.